The van der Waals surface area contributed by atoms with Gasteiger partial charge in [0.15, 0.2) is 0 Å². The fraction of sp³-hybridized carbons (Fsp3) is 0.683. The maximum atomic E-state index is 11.1. The van der Waals surface area contributed by atoms with E-state index in [9.17, 15) is 4.79 Å². The highest BCUT2D eigenvalue weighted by atomic mass is 16.7. The third-order valence-electron chi connectivity index (χ3n) is 7.86. The van der Waals surface area contributed by atoms with Crippen molar-refractivity contribution >= 4 is 6.16 Å². The molecule has 0 spiro atoms. The Bertz CT molecular complexity index is 806. The van der Waals surface area contributed by atoms with Crippen molar-refractivity contribution < 1.29 is 14.6 Å². The summed E-state index contributed by atoms with van der Waals surface area (Å²) in [7, 11) is 4.28. The van der Waals surface area contributed by atoms with Gasteiger partial charge in [0, 0.05) is 0 Å². The van der Waals surface area contributed by atoms with Crippen LogP contribution in [0.1, 0.15) is 155 Å². The van der Waals surface area contributed by atoms with Crippen molar-refractivity contribution in [3.63, 3.8) is 0 Å². The predicted octanol–water partition coefficient (Wildman–Crippen LogP) is 12.9. The fourth-order valence-electron chi connectivity index (χ4n) is 5.21. The molecule has 1 unspecified atom stereocenters. The summed E-state index contributed by atoms with van der Waals surface area (Å²) in [5.74, 6) is 0. The van der Waals surface area contributed by atoms with Gasteiger partial charge in [0.05, 0.1) is 0 Å². The van der Waals surface area contributed by atoms with Crippen molar-refractivity contribution in [2.75, 3.05) is 20.6 Å². The van der Waals surface area contributed by atoms with Crippen LogP contribution < -0.4 is 0 Å². The van der Waals surface area contributed by atoms with Crippen LogP contribution in [0.3, 0.4) is 0 Å². The molecule has 0 rings (SSSR count). The molecule has 0 heterocycles. The summed E-state index contributed by atoms with van der Waals surface area (Å²) in [5, 5.41) is 9.13. The Kier molecular flexibility index (Phi) is 34.3. The molecular formula is C41H71NO3. The van der Waals surface area contributed by atoms with Gasteiger partial charge in [0.25, 0.3) is 0 Å². The number of nitrogens with zero attached hydrogens (tertiary/aromatic N) is 1. The number of ether oxygens (including phenoxy) is 1. The molecule has 258 valence electrons. The van der Waals surface area contributed by atoms with Crippen LogP contribution in [-0.2, 0) is 4.74 Å². The molecule has 0 bridgehead atoms. The minimum Gasteiger partial charge on any atom is -0.450 e. The Morgan fingerprint density at radius 3 is 1.29 bits per heavy atom. The summed E-state index contributed by atoms with van der Waals surface area (Å²) in [4.78, 5) is 13.4. The smallest absolute Gasteiger partial charge is 0.450 e. The van der Waals surface area contributed by atoms with E-state index < -0.39 is 6.16 Å². The van der Waals surface area contributed by atoms with E-state index >= 15 is 0 Å². The first-order chi connectivity index (χ1) is 22.1. The van der Waals surface area contributed by atoms with Gasteiger partial charge in [-0.1, -0.05) is 125 Å². The minimum absolute atomic E-state index is 0.138. The summed E-state index contributed by atoms with van der Waals surface area (Å²) in [6.07, 6.45) is 52.1. The van der Waals surface area contributed by atoms with Crippen LogP contribution in [0.2, 0.25) is 0 Å². The van der Waals surface area contributed by atoms with Gasteiger partial charge in [0.1, 0.15) is 6.10 Å². The Morgan fingerprint density at radius 2 is 0.889 bits per heavy atom. The van der Waals surface area contributed by atoms with Crippen molar-refractivity contribution in [2.24, 2.45) is 0 Å². The second-order valence-electron chi connectivity index (χ2n) is 12.5. The molecule has 0 aliphatic rings. The Morgan fingerprint density at radius 1 is 0.533 bits per heavy atom. The predicted molar refractivity (Wildman–Crippen MR) is 198 cm³/mol. The van der Waals surface area contributed by atoms with Crippen LogP contribution in [0.5, 0.6) is 0 Å². The molecule has 0 saturated heterocycles. The molecule has 1 N–H and O–H groups in total. The number of hydrogen-bond donors (Lipinski definition) is 1. The molecular weight excluding hydrogens is 554 g/mol. The first-order valence-corrected chi connectivity index (χ1v) is 18.5. The number of allylic oxidation sites excluding steroid dienone is 12. The lowest BCUT2D eigenvalue weighted by atomic mass is 10.0. The molecule has 45 heavy (non-hydrogen) atoms. The van der Waals surface area contributed by atoms with Crippen LogP contribution in [0.4, 0.5) is 4.79 Å². The van der Waals surface area contributed by atoms with Gasteiger partial charge in [-0.15, -0.1) is 0 Å². The topological polar surface area (TPSA) is 49.8 Å². The summed E-state index contributed by atoms with van der Waals surface area (Å²) in [6, 6.07) is 0. The molecule has 0 aliphatic heterocycles. The summed E-state index contributed by atoms with van der Waals surface area (Å²) in [5.41, 5.74) is 0. The third kappa shape index (κ3) is 37.8. The highest BCUT2D eigenvalue weighted by Gasteiger charge is 2.13. The zero-order chi connectivity index (χ0) is 32.9. The highest BCUT2D eigenvalue weighted by molar-refractivity contribution is 5.57. The van der Waals surface area contributed by atoms with E-state index in [2.05, 4.69) is 98.8 Å². The van der Waals surface area contributed by atoms with Crippen molar-refractivity contribution in [3.8, 4) is 0 Å². The molecule has 0 radical (unpaired) electrons. The fourth-order valence-corrected chi connectivity index (χ4v) is 5.21. The average Bonchev–Trinajstić information content (AvgIpc) is 3.01. The summed E-state index contributed by atoms with van der Waals surface area (Å²) < 4.78 is 5.19. The lowest BCUT2D eigenvalue weighted by molar-refractivity contribution is 0.0422. The van der Waals surface area contributed by atoms with E-state index in [0.717, 1.165) is 83.5 Å². The molecule has 0 amide bonds. The van der Waals surface area contributed by atoms with Crippen molar-refractivity contribution in [3.05, 3.63) is 72.9 Å². The van der Waals surface area contributed by atoms with Crippen molar-refractivity contribution in [1.82, 2.24) is 4.90 Å². The SMILES string of the molecule is CCC=CCC=CCC=CCCCCCCCC(CCCCCCCC=CCC=CCC=CCCCCCN(C)C)OC(=O)O. The minimum atomic E-state index is -1.13. The first-order valence-electron chi connectivity index (χ1n) is 18.5. The van der Waals surface area contributed by atoms with Crippen molar-refractivity contribution in [1.29, 1.82) is 0 Å². The van der Waals surface area contributed by atoms with Gasteiger partial charge < -0.3 is 14.7 Å². The van der Waals surface area contributed by atoms with E-state index in [-0.39, 0.29) is 6.10 Å². The van der Waals surface area contributed by atoms with E-state index in [4.69, 9.17) is 9.84 Å². The van der Waals surface area contributed by atoms with Crippen molar-refractivity contribution in [2.45, 2.75) is 161 Å². The van der Waals surface area contributed by atoms with Crippen LogP contribution in [-0.4, -0.2) is 42.9 Å². The van der Waals surface area contributed by atoms with Crippen LogP contribution in [0.25, 0.3) is 0 Å². The molecule has 0 fully saturated rings. The molecule has 1 atom stereocenters. The lowest BCUT2D eigenvalue weighted by Crippen LogP contribution is -2.16. The molecule has 0 aromatic carbocycles. The quantitative estimate of drug-likeness (QED) is 0.0459. The molecule has 0 saturated carbocycles. The van der Waals surface area contributed by atoms with Crippen LogP contribution >= 0.6 is 0 Å². The maximum Gasteiger partial charge on any atom is 0.506 e. The van der Waals surface area contributed by atoms with Crippen LogP contribution in [0.15, 0.2) is 72.9 Å². The van der Waals surface area contributed by atoms with E-state index in [0.29, 0.717) is 0 Å². The molecule has 0 aliphatic carbocycles. The standard InChI is InChI=1S/C41H71NO3/c1-4-5-6-7-8-9-10-11-16-19-22-25-28-31-34-37-40(45-41(43)44)38-35-32-29-26-23-20-17-14-12-13-15-18-21-24-27-30-33-36-39-42(2)3/h5-6,8-9,11,13-17,21,24,40H,4,7,10,12,18-20,22-23,25-39H2,1-3H3,(H,43,44). The number of hydrogen-bond acceptors (Lipinski definition) is 3. The second-order valence-corrected chi connectivity index (χ2v) is 12.5. The summed E-state index contributed by atoms with van der Waals surface area (Å²) >= 11 is 0. The van der Waals surface area contributed by atoms with Gasteiger partial charge in [-0.25, -0.2) is 4.79 Å². The summed E-state index contributed by atoms with van der Waals surface area (Å²) in [6.45, 7) is 3.36. The van der Waals surface area contributed by atoms with E-state index in [1.165, 1.54) is 70.8 Å². The maximum absolute atomic E-state index is 11.1. The largest absolute Gasteiger partial charge is 0.506 e. The Balaban J connectivity index is 3.67. The molecule has 4 nitrogen and oxygen atoms in total. The number of carboxylic acid groups (broad SMARTS) is 1. The van der Waals surface area contributed by atoms with Gasteiger partial charge in [-0.05, 0) is 123 Å². The molecule has 4 heteroatoms. The zero-order valence-electron chi connectivity index (χ0n) is 29.7. The number of unbranched alkanes of at least 4 members (excludes halogenated alkanes) is 13. The number of rotatable bonds is 32. The van der Waals surface area contributed by atoms with Gasteiger partial charge in [-0.2, -0.15) is 0 Å². The van der Waals surface area contributed by atoms with Crippen LogP contribution in [0, 0.1) is 0 Å². The van der Waals surface area contributed by atoms with Gasteiger partial charge in [0.2, 0.25) is 0 Å². The zero-order valence-corrected chi connectivity index (χ0v) is 29.7. The highest BCUT2D eigenvalue weighted by Crippen LogP contribution is 2.17. The molecule has 0 aromatic rings. The Labute approximate surface area is 279 Å². The second kappa shape index (κ2) is 36.1. The Hall–Kier alpha value is -2.33. The van der Waals surface area contributed by atoms with Gasteiger partial charge >= 0.3 is 6.16 Å². The monoisotopic (exact) mass is 626 g/mol. The lowest BCUT2D eigenvalue weighted by Gasteiger charge is -2.15. The average molecular weight is 626 g/mol. The van der Waals surface area contributed by atoms with E-state index in [1.54, 1.807) is 0 Å². The van der Waals surface area contributed by atoms with E-state index in [1.807, 2.05) is 0 Å². The molecule has 0 aromatic heterocycles. The van der Waals surface area contributed by atoms with Gasteiger partial charge in [-0.3, -0.25) is 0 Å². The first kappa shape index (κ1) is 42.7. The normalized spacial score (nSPS) is 13.3. The third-order valence-corrected chi connectivity index (χ3v) is 7.86. The number of carbonyl (C=O) groups is 1.